The average molecular weight is 207 g/mol. The molecular weight excluding hydrogens is 190 g/mol. The van der Waals surface area contributed by atoms with Crippen molar-refractivity contribution < 1.29 is 4.79 Å². The third-order valence-corrected chi connectivity index (χ3v) is 2.98. The van der Waals surface area contributed by atoms with Gasteiger partial charge in [0.2, 0.25) is 0 Å². The second-order valence-corrected chi connectivity index (χ2v) is 4.80. The molecule has 1 aliphatic rings. The summed E-state index contributed by atoms with van der Waals surface area (Å²) in [5.41, 5.74) is 6.54. The number of carbonyl (C=O) groups is 1. The molecule has 0 spiro atoms. The molecule has 1 fully saturated rings. The van der Waals surface area contributed by atoms with Crippen LogP contribution in [0.4, 0.5) is 5.69 Å². The second-order valence-electron chi connectivity index (χ2n) is 4.80. The fourth-order valence-corrected chi connectivity index (χ4v) is 1.81. The van der Waals surface area contributed by atoms with E-state index in [9.17, 15) is 4.79 Å². The van der Waals surface area contributed by atoms with Crippen molar-refractivity contribution in [3.05, 3.63) is 18.0 Å². The first-order valence-electron chi connectivity index (χ1n) is 5.25. The highest BCUT2D eigenvalue weighted by atomic mass is 16.2. The zero-order valence-corrected chi connectivity index (χ0v) is 9.13. The first kappa shape index (κ1) is 10.1. The molecule has 1 aromatic rings. The Morgan fingerprint density at radius 3 is 2.73 bits per heavy atom. The lowest BCUT2D eigenvalue weighted by atomic mass is 9.98. The van der Waals surface area contributed by atoms with Crippen molar-refractivity contribution in [1.82, 2.24) is 10.3 Å². The van der Waals surface area contributed by atoms with E-state index in [-0.39, 0.29) is 11.4 Å². The maximum atomic E-state index is 11.8. The number of carbonyl (C=O) groups excluding carboxylic acids is 1. The standard InChI is InChI=1S/C11H17N3O/c1-11(2,7-3-4-7)14-10(15)9-5-8(12)6-13-9/h5-7,13H,3-4,12H2,1-2H3,(H,14,15). The maximum absolute atomic E-state index is 11.8. The Kier molecular flexibility index (Phi) is 2.21. The van der Waals surface area contributed by atoms with Gasteiger partial charge in [0.05, 0.1) is 0 Å². The van der Waals surface area contributed by atoms with Crippen LogP contribution in [0, 0.1) is 5.92 Å². The van der Waals surface area contributed by atoms with Gasteiger partial charge in [-0.15, -0.1) is 0 Å². The summed E-state index contributed by atoms with van der Waals surface area (Å²) in [4.78, 5) is 14.7. The number of aromatic nitrogens is 1. The molecule has 4 N–H and O–H groups in total. The highest BCUT2D eigenvalue weighted by molar-refractivity contribution is 5.93. The van der Waals surface area contributed by atoms with E-state index in [4.69, 9.17) is 5.73 Å². The molecule has 1 aromatic heterocycles. The van der Waals surface area contributed by atoms with E-state index in [0.717, 1.165) is 0 Å². The van der Waals surface area contributed by atoms with Crippen LogP contribution in [0.15, 0.2) is 12.3 Å². The quantitative estimate of drug-likeness (QED) is 0.703. The van der Waals surface area contributed by atoms with E-state index >= 15 is 0 Å². The van der Waals surface area contributed by atoms with Crippen LogP contribution in [0.3, 0.4) is 0 Å². The Labute approximate surface area is 89.2 Å². The van der Waals surface area contributed by atoms with Gasteiger partial charge in [-0.25, -0.2) is 0 Å². The minimum absolute atomic E-state index is 0.0800. The third-order valence-electron chi connectivity index (χ3n) is 2.98. The van der Waals surface area contributed by atoms with Crippen LogP contribution in [0.1, 0.15) is 37.2 Å². The van der Waals surface area contributed by atoms with Crippen LogP contribution in [0.5, 0.6) is 0 Å². The van der Waals surface area contributed by atoms with Gasteiger partial charge in [0.1, 0.15) is 5.69 Å². The Morgan fingerprint density at radius 1 is 1.60 bits per heavy atom. The fraction of sp³-hybridized carbons (Fsp3) is 0.545. The van der Waals surface area contributed by atoms with Crippen molar-refractivity contribution in [3.8, 4) is 0 Å². The monoisotopic (exact) mass is 207 g/mol. The molecule has 1 amide bonds. The number of nitrogens with two attached hydrogens (primary N) is 1. The van der Waals surface area contributed by atoms with Crippen molar-refractivity contribution >= 4 is 11.6 Å². The zero-order valence-electron chi connectivity index (χ0n) is 9.13. The molecule has 1 saturated carbocycles. The first-order chi connectivity index (χ1) is 6.99. The molecule has 0 unspecified atom stereocenters. The lowest BCUT2D eigenvalue weighted by Gasteiger charge is -2.25. The molecule has 0 aromatic carbocycles. The lowest BCUT2D eigenvalue weighted by Crippen LogP contribution is -2.45. The number of nitrogen functional groups attached to an aromatic ring is 1. The first-order valence-corrected chi connectivity index (χ1v) is 5.25. The number of hydrogen-bond acceptors (Lipinski definition) is 2. The van der Waals surface area contributed by atoms with Gasteiger partial charge in [-0.2, -0.15) is 0 Å². The Balaban J connectivity index is 2.03. The van der Waals surface area contributed by atoms with E-state index in [2.05, 4.69) is 24.1 Å². The Hall–Kier alpha value is -1.45. The number of amides is 1. The molecule has 4 heteroatoms. The number of anilines is 1. The van der Waals surface area contributed by atoms with Gasteiger partial charge in [-0.3, -0.25) is 4.79 Å². The van der Waals surface area contributed by atoms with Gasteiger partial charge in [-0.05, 0) is 38.7 Å². The number of rotatable bonds is 3. The molecule has 0 radical (unpaired) electrons. The Bertz CT molecular complexity index is 377. The molecule has 0 bridgehead atoms. The predicted molar refractivity (Wildman–Crippen MR) is 59.5 cm³/mol. The van der Waals surface area contributed by atoms with Crippen molar-refractivity contribution in [3.63, 3.8) is 0 Å². The number of nitrogens with one attached hydrogen (secondary N) is 2. The molecular formula is C11H17N3O. The van der Waals surface area contributed by atoms with Gasteiger partial charge in [0.15, 0.2) is 0 Å². The molecule has 2 rings (SSSR count). The van der Waals surface area contributed by atoms with Crippen LogP contribution >= 0.6 is 0 Å². The summed E-state index contributed by atoms with van der Waals surface area (Å²) in [5.74, 6) is 0.539. The summed E-state index contributed by atoms with van der Waals surface area (Å²) in [6, 6.07) is 1.65. The molecule has 1 heterocycles. The van der Waals surface area contributed by atoms with E-state index < -0.39 is 0 Å². The third kappa shape index (κ3) is 2.14. The molecule has 4 nitrogen and oxygen atoms in total. The molecule has 82 valence electrons. The topological polar surface area (TPSA) is 70.9 Å². The van der Waals surface area contributed by atoms with E-state index in [0.29, 0.717) is 17.3 Å². The zero-order chi connectivity index (χ0) is 11.1. The van der Waals surface area contributed by atoms with Gasteiger partial charge in [0, 0.05) is 17.4 Å². The summed E-state index contributed by atoms with van der Waals surface area (Å²) in [6.07, 6.45) is 4.04. The molecule has 1 aliphatic carbocycles. The summed E-state index contributed by atoms with van der Waals surface area (Å²) in [7, 11) is 0. The molecule has 0 saturated heterocycles. The average Bonchev–Trinajstić information content (AvgIpc) is 2.89. The van der Waals surface area contributed by atoms with Crippen LogP contribution in [0.25, 0.3) is 0 Å². The minimum atomic E-state index is -0.114. The summed E-state index contributed by atoms with van der Waals surface area (Å²) < 4.78 is 0. The molecule has 0 atom stereocenters. The minimum Gasteiger partial charge on any atom is -0.397 e. The number of aromatic amines is 1. The molecule has 15 heavy (non-hydrogen) atoms. The van der Waals surface area contributed by atoms with E-state index in [1.54, 1.807) is 12.3 Å². The molecule has 0 aliphatic heterocycles. The van der Waals surface area contributed by atoms with Crippen LogP contribution in [0.2, 0.25) is 0 Å². The van der Waals surface area contributed by atoms with Crippen LogP contribution < -0.4 is 11.1 Å². The number of H-pyrrole nitrogens is 1. The van der Waals surface area contributed by atoms with Gasteiger partial charge in [0.25, 0.3) is 5.91 Å². The highest BCUT2D eigenvalue weighted by Gasteiger charge is 2.38. The maximum Gasteiger partial charge on any atom is 0.268 e. The lowest BCUT2D eigenvalue weighted by molar-refractivity contribution is 0.0899. The van der Waals surface area contributed by atoms with Crippen molar-refractivity contribution in [2.24, 2.45) is 5.92 Å². The largest absolute Gasteiger partial charge is 0.397 e. The van der Waals surface area contributed by atoms with Crippen molar-refractivity contribution in [2.75, 3.05) is 5.73 Å². The van der Waals surface area contributed by atoms with Gasteiger partial charge < -0.3 is 16.0 Å². The van der Waals surface area contributed by atoms with Gasteiger partial charge in [-0.1, -0.05) is 0 Å². The summed E-state index contributed by atoms with van der Waals surface area (Å²) >= 11 is 0. The second kappa shape index (κ2) is 3.29. The SMILES string of the molecule is CC(C)(NC(=O)c1cc(N)c[nH]1)C1CC1. The normalized spacial score (nSPS) is 16.4. The Morgan fingerprint density at radius 2 is 2.27 bits per heavy atom. The summed E-state index contributed by atoms with van der Waals surface area (Å²) in [5, 5.41) is 3.02. The van der Waals surface area contributed by atoms with Crippen molar-refractivity contribution in [1.29, 1.82) is 0 Å². The highest BCUT2D eigenvalue weighted by Crippen LogP contribution is 2.39. The van der Waals surface area contributed by atoms with Crippen LogP contribution in [-0.4, -0.2) is 16.4 Å². The van der Waals surface area contributed by atoms with Crippen LogP contribution in [-0.2, 0) is 0 Å². The number of hydrogen-bond donors (Lipinski definition) is 3. The van der Waals surface area contributed by atoms with Gasteiger partial charge >= 0.3 is 0 Å². The van der Waals surface area contributed by atoms with Crippen molar-refractivity contribution in [2.45, 2.75) is 32.2 Å². The van der Waals surface area contributed by atoms with E-state index in [1.165, 1.54) is 12.8 Å². The summed E-state index contributed by atoms with van der Waals surface area (Å²) in [6.45, 7) is 4.13. The van der Waals surface area contributed by atoms with E-state index in [1.807, 2.05) is 0 Å². The smallest absolute Gasteiger partial charge is 0.268 e. The predicted octanol–water partition coefficient (Wildman–Crippen LogP) is 1.52. The fourth-order valence-electron chi connectivity index (χ4n) is 1.81.